The van der Waals surface area contributed by atoms with Crippen LogP contribution in [0.1, 0.15) is 121 Å². The number of rotatable bonds is 18. The second-order valence-electron chi connectivity index (χ2n) is 10.5. The van der Waals surface area contributed by atoms with Crippen LogP contribution in [0, 0.1) is 0 Å². The highest BCUT2D eigenvalue weighted by Crippen LogP contribution is 2.32. The van der Waals surface area contributed by atoms with E-state index in [1.807, 2.05) is 24.4 Å². The molecule has 0 bridgehead atoms. The summed E-state index contributed by atoms with van der Waals surface area (Å²) < 4.78 is 6.14. The molecule has 2 rings (SSSR count). The van der Waals surface area contributed by atoms with Gasteiger partial charge in [0, 0.05) is 18.8 Å². The molecule has 35 heavy (non-hydrogen) atoms. The number of ether oxygens (including phenoxy) is 1. The van der Waals surface area contributed by atoms with E-state index in [9.17, 15) is 9.90 Å². The van der Waals surface area contributed by atoms with E-state index >= 15 is 0 Å². The van der Waals surface area contributed by atoms with Crippen molar-refractivity contribution >= 4 is 5.97 Å². The summed E-state index contributed by atoms with van der Waals surface area (Å²) in [6, 6.07) is 10.2. The maximum Gasteiger partial charge on any atom is 0.344 e. The number of aromatic nitrogens is 1. The van der Waals surface area contributed by atoms with Crippen molar-refractivity contribution in [2.24, 2.45) is 0 Å². The highest BCUT2D eigenvalue weighted by molar-refractivity contribution is 5.72. The Bertz CT molecular complexity index is 863. The second kappa shape index (κ2) is 15.6. The molecule has 1 heterocycles. The first-order valence-corrected chi connectivity index (χ1v) is 13.8. The normalized spacial score (nSPS) is 12.5. The zero-order valence-electron chi connectivity index (χ0n) is 22.5. The van der Waals surface area contributed by atoms with Crippen molar-refractivity contribution in [3.63, 3.8) is 0 Å². The van der Waals surface area contributed by atoms with Crippen molar-refractivity contribution in [1.82, 2.24) is 4.98 Å². The van der Waals surface area contributed by atoms with Gasteiger partial charge in [0.2, 0.25) is 0 Å². The number of carbonyl (C=O) groups is 1. The minimum absolute atomic E-state index is 0.0460. The van der Waals surface area contributed by atoms with Gasteiger partial charge in [-0.15, -0.1) is 0 Å². The Balaban J connectivity index is 1.97. The predicted molar refractivity (Wildman–Crippen MR) is 145 cm³/mol. The highest BCUT2D eigenvalue weighted by Gasteiger charge is 2.23. The molecule has 0 spiro atoms. The van der Waals surface area contributed by atoms with E-state index in [0.717, 1.165) is 30.4 Å². The van der Waals surface area contributed by atoms with Gasteiger partial charge in [-0.25, -0.2) is 4.79 Å². The fourth-order valence-corrected chi connectivity index (χ4v) is 4.38. The van der Waals surface area contributed by atoms with E-state index in [1.165, 1.54) is 56.9 Å². The molecule has 0 saturated carbocycles. The zero-order chi connectivity index (χ0) is 25.5. The van der Waals surface area contributed by atoms with Crippen LogP contribution in [0.4, 0.5) is 0 Å². The molecule has 194 valence electrons. The summed E-state index contributed by atoms with van der Waals surface area (Å²) in [7, 11) is 0. The maximum atomic E-state index is 12.0. The topological polar surface area (TPSA) is 59.4 Å². The van der Waals surface area contributed by atoms with Crippen LogP contribution >= 0.6 is 0 Å². The first kappa shape index (κ1) is 28.9. The first-order chi connectivity index (χ1) is 16.9. The maximum absolute atomic E-state index is 12.0. The monoisotopic (exact) mass is 481 g/mol. The summed E-state index contributed by atoms with van der Waals surface area (Å²) >= 11 is 0. The van der Waals surface area contributed by atoms with Crippen LogP contribution in [-0.4, -0.2) is 22.2 Å². The number of benzene rings is 1. The van der Waals surface area contributed by atoms with Crippen molar-refractivity contribution in [1.29, 1.82) is 0 Å². The standard InChI is InChI=1S/C31H47NO3/c1-5-7-8-9-10-11-12-13-14-15-18-29(30(33)34)35-28-20-19-27(31(3,4)6-2)23-26(28)22-25-17-16-21-32-24-25/h16-17,19-21,23-24,29H,5-15,18,22H2,1-4H3,(H,33,34). The molecule has 2 aromatic rings. The Labute approximate surface area is 213 Å². The van der Waals surface area contributed by atoms with Crippen LogP contribution in [-0.2, 0) is 16.6 Å². The molecule has 0 amide bonds. The molecule has 0 fully saturated rings. The molecule has 1 aromatic heterocycles. The third-order valence-electron chi connectivity index (χ3n) is 7.21. The van der Waals surface area contributed by atoms with Crippen molar-refractivity contribution in [3.8, 4) is 5.75 Å². The fraction of sp³-hybridized carbons (Fsp3) is 0.613. The number of pyridine rings is 1. The van der Waals surface area contributed by atoms with Gasteiger partial charge in [0.05, 0.1) is 0 Å². The summed E-state index contributed by atoms with van der Waals surface area (Å²) in [5, 5.41) is 9.85. The minimum atomic E-state index is -0.883. The molecule has 1 aromatic carbocycles. The Morgan fingerprint density at radius 2 is 1.63 bits per heavy atom. The summed E-state index contributed by atoms with van der Waals surface area (Å²) in [6.45, 7) is 8.92. The lowest BCUT2D eigenvalue weighted by Crippen LogP contribution is -2.27. The van der Waals surface area contributed by atoms with Crippen molar-refractivity contribution < 1.29 is 14.6 Å². The molecule has 0 radical (unpaired) electrons. The number of hydrogen-bond donors (Lipinski definition) is 1. The molecule has 1 N–H and O–H groups in total. The Hall–Kier alpha value is -2.36. The molecule has 0 aliphatic heterocycles. The van der Waals surface area contributed by atoms with E-state index < -0.39 is 12.1 Å². The van der Waals surface area contributed by atoms with Gasteiger partial charge < -0.3 is 9.84 Å². The summed E-state index contributed by atoms with van der Waals surface area (Å²) in [6.07, 6.45) is 17.4. The van der Waals surface area contributed by atoms with Gasteiger partial charge >= 0.3 is 5.97 Å². The quantitative estimate of drug-likeness (QED) is 0.217. The van der Waals surface area contributed by atoms with Gasteiger partial charge in [0.1, 0.15) is 5.75 Å². The van der Waals surface area contributed by atoms with Crippen LogP contribution in [0.2, 0.25) is 0 Å². The summed E-state index contributed by atoms with van der Waals surface area (Å²) in [4.78, 5) is 16.2. The molecule has 0 aliphatic rings. The van der Waals surface area contributed by atoms with Crippen molar-refractivity contribution in [2.45, 2.75) is 123 Å². The molecular formula is C31H47NO3. The third-order valence-corrected chi connectivity index (χ3v) is 7.21. The van der Waals surface area contributed by atoms with E-state index in [0.29, 0.717) is 18.6 Å². The molecule has 4 nitrogen and oxygen atoms in total. The lowest BCUT2D eigenvalue weighted by molar-refractivity contribution is -0.145. The van der Waals surface area contributed by atoms with Gasteiger partial charge in [0.25, 0.3) is 0 Å². The van der Waals surface area contributed by atoms with Crippen molar-refractivity contribution in [2.75, 3.05) is 0 Å². The van der Waals surface area contributed by atoms with Crippen LogP contribution in [0.5, 0.6) is 5.75 Å². The van der Waals surface area contributed by atoms with Gasteiger partial charge in [-0.1, -0.05) is 104 Å². The Morgan fingerprint density at radius 1 is 0.971 bits per heavy atom. The highest BCUT2D eigenvalue weighted by atomic mass is 16.5. The summed E-state index contributed by atoms with van der Waals surface area (Å²) in [5.74, 6) is -0.213. The smallest absolute Gasteiger partial charge is 0.344 e. The third kappa shape index (κ3) is 10.4. The first-order valence-electron chi connectivity index (χ1n) is 13.8. The van der Waals surface area contributed by atoms with Crippen LogP contribution in [0.15, 0.2) is 42.7 Å². The number of unbranched alkanes of at least 4 members (excludes halogenated alkanes) is 9. The zero-order valence-corrected chi connectivity index (χ0v) is 22.5. The number of aliphatic carboxylic acids is 1. The average molecular weight is 482 g/mol. The van der Waals surface area contributed by atoms with E-state index in [2.05, 4.69) is 44.8 Å². The lowest BCUT2D eigenvalue weighted by Gasteiger charge is -2.25. The molecule has 1 unspecified atom stereocenters. The van der Waals surface area contributed by atoms with E-state index in [1.54, 1.807) is 6.20 Å². The molecular weight excluding hydrogens is 434 g/mol. The lowest BCUT2D eigenvalue weighted by atomic mass is 9.81. The molecule has 0 saturated heterocycles. The predicted octanol–water partition coefficient (Wildman–Crippen LogP) is 8.50. The van der Waals surface area contributed by atoms with Gasteiger partial charge in [-0.05, 0) is 53.5 Å². The average Bonchev–Trinajstić information content (AvgIpc) is 2.85. The largest absolute Gasteiger partial charge is 0.479 e. The van der Waals surface area contributed by atoms with Gasteiger partial charge in [-0.2, -0.15) is 0 Å². The molecule has 0 aliphatic carbocycles. The van der Waals surface area contributed by atoms with Crippen LogP contribution in [0.3, 0.4) is 0 Å². The second-order valence-corrected chi connectivity index (χ2v) is 10.5. The Kier molecular flexibility index (Phi) is 12.9. The Morgan fingerprint density at radius 3 is 2.20 bits per heavy atom. The number of carboxylic acids is 1. The van der Waals surface area contributed by atoms with Gasteiger partial charge in [-0.3, -0.25) is 4.98 Å². The van der Waals surface area contributed by atoms with Crippen LogP contribution in [0.25, 0.3) is 0 Å². The molecule has 4 heteroatoms. The van der Waals surface area contributed by atoms with E-state index in [-0.39, 0.29) is 5.41 Å². The van der Waals surface area contributed by atoms with E-state index in [4.69, 9.17) is 4.74 Å². The van der Waals surface area contributed by atoms with Crippen molar-refractivity contribution in [3.05, 3.63) is 59.4 Å². The number of carboxylic acid groups (broad SMARTS) is 1. The number of nitrogens with zero attached hydrogens (tertiary/aromatic N) is 1. The summed E-state index contributed by atoms with van der Waals surface area (Å²) in [5.41, 5.74) is 3.40. The van der Waals surface area contributed by atoms with Crippen LogP contribution < -0.4 is 4.74 Å². The fourth-order valence-electron chi connectivity index (χ4n) is 4.38. The number of hydrogen-bond acceptors (Lipinski definition) is 3. The minimum Gasteiger partial charge on any atom is -0.479 e. The SMILES string of the molecule is CCCCCCCCCCCCC(Oc1ccc(C(C)(C)CC)cc1Cc1cccnc1)C(=O)O. The molecule has 1 atom stereocenters. The van der Waals surface area contributed by atoms with Gasteiger partial charge in [0.15, 0.2) is 6.10 Å².